The van der Waals surface area contributed by atoms with Crippen molar-refractivity contribution >= 4 is 54.2 Å². The largest absolute Gasteiger partial charge is 0.365 e. The predicted octanol–water partition coefficient (Wildman–Crippen LogP) is 3.66. The summed E-state index contributed by atoms with van der Waals surface area (Å²) in [6.07, 6.45) is 5.13. The average Bonchev–Trinajstić information content (AvgIpc) is 2.89. The Balaban J connectivity index is 1.42. The molecule has 1 aromatic carbocycles. The van der Waals surface area contributed by atoms with Crippen LogP contribution in [0.25, 0.3) is 22.3 Å². The van der Waals surface area contributed by atoms with E-state index in [9.17, 15) is 25.6 Å². The molecule has 0 bridgehead atoms. The van der Waals surface area contributed by atoms with E-state index in [1.54, 1.807) is 12.1 Å². The summed E-state index contributed by atoms with van der Waals surface area (Å²) in [5.74, 6) is -1.72. The number of sulfonamides is 2. The number of nitrogens with one attached hydrogen (secondary N) is 2. The van der Waals surface area contributed by atoms with Gasteiger partial charge in [0.1, 0.15) is 28.4 Å². The van der Waals surface area contributed by atoms with Crippen LogP contribution in [0.1, 0.15) is 12.8 Å². The summed E-state index contributed by atoms with van der Waals surface area (Å²) in [5.41, 5.74) is 1.64. The Morgan fingerprint density at radius 2 is 1.75 bits per heavy atom. The van der Waals surface area contributed by atoms with Crippen LogP contribution in [-0.4, -0.2) is 66.5 Å². The third-order valence-electron chi connectivity index (χ3n) is 6.31. The number of hydrogen-bond acceptors (Lipinski definition) is 9. The van der Waals surface area contributed by atoms with Crippen LogP contribution in [0, 0.1) is 11.6 Å². The van der Waals surface area contributed by atoms with Crippen molar-refractivity contribution in [1.82, 2.24) is 24.2 Å². The summed E-state index contributed by atoms with van der Waals surface area (Å²) in [7, 11) is -7.72. The van der Waals surface area contributed by atoms with E-state index in [2.05, 4.69) is 30.0 Å². The van der Waals surface area contributed by atoms with Crippen molar-refractivity contribution < 1.29 is 25.6 Å². The highest BCUT2D eigenvalue weighted by Gasteiger charge is 2.26. The SMILES string of the molecule is CS(=O)(=O)N1CCC(Nc2ncnc3ccc(-c4cnc(Cl)c(NS(=O)(=O)c5ccc(F)cc5F)c4)nc23)CC1. The number of rotatable bonds is 7. The summed E-state index contributed by atoms with van der Waals surface area (Å²) in [6, 6.07) is 6.83. The van der Waals surface area contributed by atoms with Gasteiger partial charge in [0.2, 0.25) is 10.0 Å². The molecule has 1 fully saturated rings. The normalized spacial score (nSPS) is 15.3. The van der Waals surface area contributed by atoms with Gasteiger partial charge in [-0.2, -0.15) is 0 Å². The second-order valence-corrected chi connectivity index (χ2v) is 13.1. The molecule has 3 aromatic heterocycles. The minimum Gasteiger partial charge on any atom is -0.365 e. The van der Waals surface area contributed by atoms with Gasteiger partial charge >= 0.3 is 0 Å². The van der Waals surface area contributed by atoms with Gasteiger partial charge in [0.05, 0.1) is 23.2 Å². The molecular formula is C24H22ClF2N7O4S2. The third-order valence-corrected chi connectivity index (χ3v) is 9.31. The van der Waals surface area contributed by atoms with Crippen LogP contribution in [0.3, 0.4) is 0 Å². The predicted molar refractivity (Wildman–Crippen MR) is 146 cm³/mol. The van der Waals surface area contributed by atoms with Gasteiger partial charge in [-0.05, 0) is 43.2 Å². The number of nitrogens with zero attached hydrogens (tertiary/aromatic N) is 5. The van der Waals surface area contributed by atoms with E-state index in [1.165, 1.54) is 29.2 Å². The van der Waals surface area contributed by atoms with Gasteiger partial charge in [0, 0.05) is 37.0 Å². The molecule has 11 nitrogen and oxygen atoms in total. The van der Waals surface area contributed by atoms with Crippen LogP contribution in [0.2, 0.25) is 5.15 Å². The van der Waals surface area contributed by atoms with Crippen molar-refractivity contribution in [2.75, 3.05) is 29.4 Å². The zero-order valence-corrected chi connectivity index (χ0v) is 23.2. The first-order valence-corrected chi connectivity index (χ1v) is 15.6. The van der Waals surface area contributed by atoms with Gasteiger partial charge < -0.3 is 5.32 Å². The average molecular weight is 610 g/mol. The van der Waals surface area contributed by atoms with Crippen molar-refractivity contribution in [2.24, 2.45) is 0 Å². The lowest BCUT2D eigenvalue weighted by atomic mass is 10.1. The van der Waals surface area contributed by atoms with E-state index in [1.807, 2.05) is 0 Å². The highest BCUT2D eigenvalue weighted by Crippen LogP contribution is 2.30. The molecule has 0 unspecified atom stereocenters. The molecule has 4 heterocycles. The number of anilines is 2. The monoisotopic (exact) mass is 609 g/mol. The molecule has 5 rings (SSSR count). The van der Waals surface area contributed by atoms with Crippen LogP contribution in [0.15, 0.2) is 53.8 Å². The lowest BCUT2D eigenvalue weighted by Gasteiger charge is -2.31. The van der Waals surface area contributed by atoms with Crippen molar-refractivity contribution in [3.05, 3.63) is 65.7 Å². The molecule has 0 atom stereocenters. The molecule has 0 saturated carbocycles. The zero-order chi connectivity index (χ0) is 28.7. The molecule has 0 aliphatic carbocycles. The van der Waals surface area contributed by atoms with E-state index in [0.717, 1.165) is 12.1 Å². The standard InChI is InChI=1S/C24H22ClF2N7O4S2/c1-39(35,36)34-8-6-16(7-9-34)31-24-22-19(29-13-30-24)4-3-18(32-22)14-10-20(23(25)28-12-14)33-40(37,38)21-5-2-15(26)11-17(21)27/h2-5,10-13,16,33H,6-9H2,1H3,(H,29,30,31). The molecule has 0 radical (unpaired) electrons. The molecular weight excluding hydrogens is 588 g/mol. The van der Waals surface area contributed by atoms with E-state index in [0.29, 0.717) is 60.1 Å². The molecule has 0 amide bonds. The Labute approximate surface area is 233 Å². The van der Waals surface area contributed by atoms with E-state index in [4.69, 9.17) is 11.6 Å². The molecule has 210 valence electrons. The van der Waals surface area contributed by atoms with Crippen LogP contribution in [0.4, 0.5) is 20.3 Å². The molecule has 2 N–H and O–H groups in total. The fraction of sp³-hybridized carbons (Fsp3) is 0.250. The smallest absolute Gasteiger partial charge is 0.264 e. The number of halogens is 3. The summed E-state index contributed by atoms with van der Waals surface area (Å²) in [5, 5.41) is 3.13. The molecule has 1 aliphatic heterocycles. The Morgan fingerprint density at radius 1 is 1.00 bits per heavy atom. The van der Waals surface area contributed by atoms with Crippen molar-refractivity contribution in [3.63, 3.8) is 0 Å². The maximum absolute atomic E-state index is 14.2. The summed E-state index contributed by atoms with van der Waals surface area (Å²) < 4.78 is 80.2. The maximum Gasteiger partial charge on any atom is 0.264 e. The molecule has 0 spiro atoms. The zero-order valence-electron chi connectivity index (χ0n) is 20.8. The fourth-order valence-corrected chi connectivity index (χ4v) is 6.48. The van der Waals surface area contributed by atoms with Crippen molar-refractivity contribution in [1.29, 1.82) is 0 Å². The molecule has 16 heteroatoms. The number of piperidine rings is 1. The maximum atomic E-state index is 14.2. The van der Waals surface area contributed by atoms with E-state index < -0.39 is 36.6 Å². The second-order valence-electron chi connectivity index (χ2n) is 9.11. The number of hydrogen-bond donors (Lipinski definition) is 2. The number of fused-ring (bicyclic) bond motifs is 1. The van der Waals surface area contributed by atoms with Crippen LogP contribution in [0.5, 0.6) is 0 Å². The number of pyridine rings is 2. The Kier molecular flexibility index (Phi) is 7.56. The summed E-state index contributed by atoms with van der Waals surface area (Å²) in [4.78, 5) is 16.5. The van der Waals surface area contributed by atoms with Gasteiger partial charge in [0.25, 0.3) is 10.0 Å². The lowest BCUT2D eigenvalue weighted by Crippen LogP contribution is -2.41. The van der Waals surface area contributed by atoms with Crippen LogP contribution < -0.4 is 10.0 Å². The van der Waals surface area contributed by atoms with Gasteiger partial charge in [-0.3, -0.25) is 4.72 Å². The summed E-state index contributed by atoms with van der Waals surface area (Å²) >= 11 is 6.13. The first kappa shape index (κ1) is 28.0. The number of benzene rings is 1. The van der Waals surface area contributed by atoms with Crippen molar-refractivity contribution in [2.45, 2.75) is 23.8 Å². The van der Waals surface area contributed by atoms with Gasteiger partial charge in [-0.1, -0.05) is 11.6 Å². The molecule has 40 heavy (non-hydrogen) atoms. The minimum absolute atomic E-state index is 0.0355. The first-order valence-electron chi connectivity index (χ1n) is 11.9. The molecule has 1 aliphatic rings. The minimum atomic E-state index is -4.46. The van der Waals surface area contributed by atoms with E-state index in [-0.39, 0.29) is 16.9 Å². The lowest BCUT2D eigenvalue weighted by molar-refractivity contribution is 0.331. The second kappa shape index (κ2) is 10.8. The molecule has 1 saturated heterocycles. The van der Waals surface area contributed by atoms with Crippen LogP contribution >= 0.6 is 11.6 Å². The Morgan fingerprint density at radius 3 is 2.45 bits per heavy atom. The quantitative estimate of drug-likeness (QED) is 0.300. The Bertz CT molecular complexity index is 1820. The topological polar surface area (TPSA) is 147 Å². The van der Waals surface area contributed by atoms with Crippen LogP contribution in [-0.2, 0) is 20.0 Å². The van der Waals surface area contributed by atoms with Gasteiger partial charge in [0.15, 0.2) is 11.0 Å². The van der Waals surface area contributed by atoms with E-state index >= 15 is 0 Å². The third kappa shape index (κ3) is 5.96. The highest BCUT2D eigenvalue weighted by atomic mass is 35.5. The number of aromatic nitrogens is 4. The molecule has 4 aromatic rings. The first-order chi connectivity index (χ1) is 18.9. The summed E-state index contributed by atoms with van der Waals surface area (Å²) in [6.45, 7) is 0.768. The Hall–Kier alpha value is -3.53. The fourth-order valence-electron chi connectivity index (χ4n) is 4.28. The van der Waals surface area contributed by atoms with Crippen molar-refractivity contribution in [3.8, 4) is 11.3 Å². The highest BCUT2D eigenvalue weighted by molar-refractivity contribution is 7.92. The van der Waals surface area contributed by atoms with Gasteiger partial charge in [-0.15, -0.1) is 0 Å². The van der Waals surface area contributed by atoms with Gasteiger partial charge in [-0.25, -0.2) is 49.9 Å².